The highest BCUT2D eigenvalue weighted by atomic mass is 33.2. The Labute approximate surface area is 55.6 Å². The summed E-state index contributed by atoms with van der Waals surface area (Å²) in [5.41, 5.74) is 0. The van der Waals surface area contributed by atoms with Gasteiger partial charge in [0.2, 0.25) is 4.58 Å². The second-order valence-corrected chi connectivity index (χ2v) is 5.28. The highest BCUT2D eigenvalue weighted by molar-refractivity contribution is 8.88. The number of hydrogen-bond donors (Lipinski definition) is 0. The van der Waals surface area contributed by atoms with E-state index in [1.807, 2.05) is 0 Å². The van der Waals surface area contributed by atoms with Crippen molar-refractivity contribution in [3.63, 3.8) is 0 Å². The van der Waals surface area contributed by atoms with Gasteiger partial charge in [0.05, 0.1) is 6.61 Å². The second-order valence-electron chi connectivity index (χ2n) is 1.57. The highest BCUT2D eigenvalue weighted by Gasteiger charge is 2.45. The summed E-state index contributed by atoms with van der Waals surface area (Å²) < 4.78 is 15.6. The van der Waals surface area contributed by atoms with Crippen LogP contribution in [0.1, 0.15) is 6.42 Å². The summed E-state index contributed by atoms with van der Waals surface area (Å²) in [5.74, 6) is 0. The van der Waals surface area contributed by atoms with Crippen molar-refractivity contribution in [1.82, 2.24) is 0 Å². The van der Waals surface area contributed by atoms with Gasteiger partial charge in [0.25, 0.3) is 0 Å². The maximum Gasteiger partial charge on any atom is 0.222 e. The molecule has 2 atom stereocenters. The van der Waals surface area contributed by atoms with E-state index in [4.69, 9.17) is 4.74 Å². The fraction of sp³-hybridized carbons (Fsp3) is 1.00. The third-order valence-corrected chi connectivity index (χ3v) is 4.03. The van der Waals surface area contributed by atoms with Crippen molar-refractivity contribution in [3.8, 4) is 0 Å². The molecule has 0 spiro atoms. The minimum Gasteiger partial charge on any atom is -0.604 e. The lowest BCUT2D eigenvalue weighted by molar-refractivity contribution is 0.198. The van der Waals surface area contributed by atoms with Crippen LogP contribution in [0.5, 0.6) is 0 Å². The third-order valence-electron chi connectivity index (χ3n) is 0.937. The van der Waals surface area contributed by atoms with Gasteiger partial charge in [0, 0.05) is 23.7 Å². The first-order valence-electron chi connectivity index (χ1n) is 2.41. The van der Waals surface area contributed by atoms with E-state index in [1.54, 1.807) is 7.11 Å². The van der Waals surface area contributed by atoms with Crippen LogP contribution in [0.4, 0.5) is 0 Å². The Balaban J connectivity index is 1.89. The molecule has 1 heterocycles. The molecule has 1 aliphatic heterocycles. The molecular formula is C4H8O2S2. The molecule has 1 rings (SSSR count). The van der Waals surface area contributed by atoms with E-state index in [0.717, 1.165) is 13.0 Å². The summed E-state index contributed by atoms with van der Waals surface area (Å²) >= 11 is 0. The van der Waals surface area contributed by atoms with Gasteiger partial charge in [-0.1, -0.05) is 0 Å². The van der Waals surface area contributed by atoms with Crippen molar-refractivity contribution in [2.75, 3.05) is 13.7 Å². The first kappa shape index (κ1) is 6.74. The first-order valence-corrected chi connectivity index (χ1v) is 5.02. The molecule has 1 aliphatic rings. The molecule has 2 nitrogen and oxygen atoms in total. The van der Waals surface area contributed by atoms with Gasteiger partial charge in [-0.25, -0.2) is 0 Å². The summed E-state index contributed by atoms with van der Waals surface area (Å²) in [5, 5.41) is 0. The van der Waals surface area contributed by atoms with Gasteiger partial charge >= 0.3 is 0 Å². The van der Waals surface area contributed by atoms with E-state index in [1.165, 1.54) is 10.8 Å². The summed E-state index contributed by atoms with van der Waals surface area (Å²) in [6, 6.07) is 0. The van der Waals surface area contributed by atoms with Crippen LogP contribution in [-0.2, 0) is 14.9 Å². The van der Waals surface area contributed by atoms with E-state index >= 15 is 0 Å². The lowest BCUT2D eigenvalue weighted by Crippen LogP contribution is -1.94. The molecule has 0 aromatic carbocycles. The smallest absolute Gasteiger partial charge is 0.222 e. The Morgan fingerprint density at radius 3 is 2.88 bits per heavy atom. The van der Waals surface area contributed by atoms with Gasteiger partial charge in [0.1, 0.15) is 0 Å². The Morgan fingerprint density at radius 1 is 1.88 bits per heavy atom. The van der Waals surface area contributed by atoms with Crippen molar-refractivity contribution < 1.29 is 9.29 Å². The number of rotatable bonds is 3. The van der Waals surface area contributed by atoms with E-state index < -0.39 is 10.2 Å². The maximum absolute atomic E-state index is 10.4. The lowest BCUT2D eigenvalue weighted by atomic mass is 10.5. The molecule has 0 radical (unpaired) electrons. The van der Waals surface area contributed by atoms with Gasteiger partial charge < -0.3 is 9.29 Å². The Bertz CT molecular complexity index is 78.4. The molecule has 48 valence electrons. The van der Waals surface area contributed by atoms with Crippen molar-refractivity contribution in [3.05, 3.63) is 0 Å². The molecule has 0 aliphatic carbocycles. The Hall–Kier alpha value is 0.620. The molecule has 1 saturated heterocycles. The standard InChI is InChI=1S/C4H8O2S2/c1-6-3-2-4-7-8(4)5/h4H,2-3H2,1H3. The zero-order valence-corrected chi connectivity index (χ0v) is 6.26. The average molecular weight is 152 g/mol. The molecule has 0 saturated carbocycles. The van der Waals surface area contributed by atoms with Crippen LogP contribution < -0.4 is 0 Å². The molecule has 0 bridgehead atoms. The zero-order valence-electron chi connectivity index (χ0n) is 4.62. The molecule has 8 heavy (non-hydrogen) atoms. The van der Waals surface area contributed by atoms with Gasteiger partial charge in [-0.2, -0.15) is 0 Å². The lowest BCUT2D eigenvalue weighted by Gasteiger charge is -1.88. The molecule has 0 amide bonds. The molecule has 0 aromatic heterocycles. The van der Waals surface area contributed by atoms with Gasteiger partial charge in [-0.3, -0.25) is 0 Å². The van der Waals surface area contributed by atoms with E-state index in [-0.39, 0.29) is 0 Å². The van der Waals surface area contributed by atoms with Crippen LogP contribution in [0.25, 0.3) is 0 Å². The molecule has 4 heteroatoms. The van der Waals surface area contributed by atoms with E-state index in [9.17, 15) is 4.55 Å². The molecule has 2 unspecified atom stereocenters. The minimum atomic E-state index is -0.564. The SMILES string of the molecule is COCCC1S[S+]1[O-]. The predicted molar refractivity (Wildman–Crippen MR) is 36.0 cm³/mol. The van der Waals surface area contributed by atoms with Gasteiger partial charge in [0.15, 0.2) is 10.8 Å². The summed E-state index contributed by atoms with van der Waals surface area (Å²) in [6.07, 6.45) is 0.938. The van der Waals surface area contributed by atoms with Crippen LogP contribution in [0.15, 0.2) is 0 Å². The second kappa shape index (κ2) is 2.96. The van der Waals surface area contributed by atoms with Gasteiger partial charge in [-0.15, -0.1) is 0 Å². The predicted octanol–water partition coefficient (Wildman–Crippen LogP) is 0.760. The largest absolute Gasteiger partial charge is 0.604 e. The monoisotopic (exact) mass is 152 g/mol. The van der Waals surface area contributed by atoms with Crippen molar-refractivity contribution in [1.29, 1.82) is 0 Å². The normalized spacial score (nSPS) is 35.2. The van der Waals surface area contributed by atoms with Crippen LogP contribution in [0, 0.1) is 0 Å². The number of hydrogen-bond acceptors (Lipinski definition) is 3. The fourth-order valence-corrected chi connectivity index (χ4v) is 2.45. The summed E-state index contributed by atoms with van der Waals surface area (Å²) in [6.45, 7) is 0.739. The van der Waals surface area contributed by atoms with Crippen LogP contribution in [0.3, 0.4) is 0 Å². The van der Waals surface area contributed by atoms with Crippen LogP contribution >= 0.6 is 10.8 Å². The Kier molecular flexibility index (Phi) is 2.49. The van der Waals surface area contributed by atoms with Crippen LogP contribution in [0.2, 0.25) is 0 Å². The highest BCUT2D eigenvalue weighted by Crippen LogP contribution is 2.46. The van der Waals surface area contributed by atoms with Crippen molar-refractivity contribution in [2.24, 2.45) is 0 Å². The van der Waals surface area contributed by atoms with E-state index in [0.29, 0.717) is 4.58 Å². The number of methoxy groups -OCH3 is 1. The van der Waals surface area contributed by atoms with E-state index in [2.05, 4.69) is 0 Å². The number of ether oxygens (including phenoxy) is 1. The topological polar surface area (TPSA) is 32.3 Å². The summed E-state index contributed by atoms with van der Waals surface area (Å²) in [7, 11) is 2.62. The molecule has 1 fully saturated rings. The van der Waals surface area contributed by atoms with Crippen molar-refractivity contribution >= 4 is 21.0 Å². The maximum atomic E-state index is 10.4. The Morgan fingerprint density at radius 2 is 2.50 bits per heavy atom. The van der Waals surface area contributed by atoms with Crippen LogP contribution in [-0.4, -0.2) is 22.9 Å². The molecule has 0 N–H and O–H groups in total. The molecule has 0 aromatic rings. The fourth-order valence-electron chi connectivity index (χ4n) is 0.442. The van der Waals surface area contributed by atoms with Gasteiger partial charge in [-0.05, 0) is 0 Å². The minimum absolute atomic E-state index is 0.384. The molecular weight excluding hydrogens is 144 g/mol. The summed E-state index contributed by atoms with van der Waals surface area (Å²) in [4.78, 5) is 0. The zero-order chi connectivity index (χ0) is 5.98. The first-order chi connectivity index (χ1) is 3.84. The van der Waals surface area contributed by atoms with Crippen molar-refractivity contribution in [2.45, 2.75) is 11.0 Å². The average Bonchev–Trinajstić information content (AvgIpc) is 2.42. The quantitative estimate of drug-likeness (QED) is 0.340. The third kappa shape index (κ3) is 1.85.